The molecule has 0 saturated carbocycles. The van der Waals surface area contributed by atoms with Gasteiger partial charge in [-0.3, -0.25) is 4.79 Å². The first-order valence-corrected chi connectivity index (χ1v) is 7.93. The molecule has 2 heterocycles. The summed E-state index contributed by atoms with van der Waals surface area (Å²) in [5.41, 5.74) is 1.40. The smallest absolute Gasteiger partial charge is 0.405 e. The van der Waals surface area contributed by atoms with Crippen LogP contribution in [0.2, 0.25) is 5.02 Å². The van der Waals surface area contributed by atoms with E-state index < -0.39 is 6.09 Å². The number of rotatable bonds is 4. The predicted octanol–water partition coefficient (Wildman–Crippen LogP) is 4.78. The standard InChI is InChI=1S/C16H12ClNO4S/c1-8(19)13-2-3-14(23-13)9-4-10-5-11(7-18-16(20)21)22-15(10)12(17)6-9/h2-6,18H,7H2,1H3,(H,20,21). The zero-order chi connectivity index (χ0) is 16.6. The topological polar surface area (TPSA) is 79.5 Å². The molecule has 0 aliphatic carbocycles. The van der Waals surface area contributed by atoms with Gasteiger partial charge in [0.25, 0.3) is 0 Å². The van der Waals surface area contributed by atoms with Crippen molar-refractivity contribution in [1.82, 2.24) is 5.32 Å². The number of carbonyl (C=O) groups is 2. The Balaban J connectivity index is 1.99. The van der Waals surface area contributed by atoms with Gasteiger partial charge >= 0.3 is 6.09 Å². The monoisotopic (exact) mass is 349 g/mol. The van der Waals surface area contributed by atoms with Crippen LogP contribution >= 0.6 is 22.9 Å². The molecule has 118 valence electrons. The molecule has 1 aromatic carbocycles. The van der Waals surface area contributed by atoms with Gasteiger partial charge in [0, 0.05) is 10.3 Å². The third kappa shape index (κ3) is 3.23. The van der Waals surface area contributed by atoms with Crippen LogP contribution < -0.4 is 5.32 Å². The highest BCUT2D eigenvalue weighted by molar-refractivity contribution is 7.17. The van der Waals surface area contributed by atoms with Gasteiger partial charge in [-0.2, -0.15) is 0 Å². The molecular weight excluding hydrogens is 338 g/mol. The minimum atomic E-state index is -1.12. The first-order valence-electron chi connectivity index (χ1n) is 6.74. The lowest BCUT2D eigenvalue weighted by molar-refractivity contribution is 0.102. The van der Waals surface area contributed by atoms with Crippen LogP contribution in [0, 0.1) is 0 Å². The van der Waals surface area contributed by atoms with Crippen molar-refractivity contribution < 1.29 is 19.1 Å². The van der Waals surface area contributed by atoms with Crippen molar-refractivity contribution in [2.45, 2.75) is 13.5 Å². The van der Waals surface area contributed by atoms with Crippen LogP contribution in [0.1, 0.15) is 22.4 Å². The Hall–Kier alpha value is -2.31. The summed E-state index contributed by atoms with van der Waals surface area (Å²) in [6, 6.07) is 9.10. The number of furan rings is 1. The van der Waals surface area contributed by atoms with Crippen LogP contribution in [-0.2, 0) is 6.54 Å². The van der Waals surface area contributed by atoms with E-state index in [1.165, 1.54) is 18.3 Å². The fourth-order valence-electron chi connectivity index (χ4n) is 2.24. The molecule has 2 aromatic heterocycles. The quantitative estimate of drug-likeness (QED) is 0.664. The van der Waals surface area contributed by atoms with E-state index in [2.05, 4.69) is 5.32 Å². The largest absolute Gasteiger partial charge is 0.465 e. The summed E-state index contributed by atoms with van der Waals surface area (Å²) >= 11 is 7.67. The summed E-state index contributed by atoms with van der Waals surface area (Å²) in [5, 5.41) is 12.1. The zero-order valence-corrected chi connectivity index (χ0v) is 13.6. The van der Waals surface area contributed by atoms with Gasteiger partial charge in [0.1, 0.15) is 5.76 Å². The lowest BCUT2D eigenvalue weighted by Crippen LogP contribution is -2.19. The molecule has 0 radical (unpaired) electrons. The number of benzene rings is 1. The molecule has 0 saturated heterocycles. The van der Waals surface area contributed by atoms with Crippen molar-refractivity contribution >= 4 is 45.8 Å². The van der Waals surface area contributed by atoms with Crippen LogP contribution in [0.3, 0.4) is 0 Å². The number of halogens is 1. The molecule has 23 heavy (non-hydrogen) atoms. The van der Waals surface area contributed by atoms with Crippen LogP contribution in [0.25, 0.3) is 21.4 Å². The average Bonchev–Trinajstić information content (AvgIpc) is 3.11. The van der Waals surface area contributed by atoms with Gasteiger partial charge in [-0.1, -0.05) is 11.6 Å². The minimum absolute atomic E-state index is 0.0266. The van der Waals surface area contributed by atoms with E-state index in [0.29, 0.717) is 21.2 Å². The highest BCUT2D eigenvalue weighted by atomic mass is 35.5. The fraction of sp³-hybridized carbons (Fsp3) is 0.125. The third-order valence-electron chi connectivity index (χ3n) is 3.27. The summed E-state index contributed by atoms with van der Waals surface area (Å²) in [6.07, 6.45) is -1.12. The van der Waals surface area contributed by atoms with Crippen LogP contribution in [0.4, 0.5) is 4.79 Å². The second-order valence-corrected chi connectivity index (χ2v) is 6.46. The number of fused-ring (bicyclic) bond motifs is 1. The van der Waals surface area contributed by atoms with Crippen molar-refractivity contribution in [2.24, 2.45) is 0 Å². The molecule has 0 fully saturated rings. The van der Waals surface area contributed by atoms with Crippen LogP contribution in [-0.4, -0.2) is 17.0 Å². The molecule has 5 nitrogen and oxygen atoms in total. The molecule has 0 aliphatic rings. The van der Waals surface area contributed by atoms with Gasteiger partial charge in [-0.15, -0.1) is 11.3 Å². The Morgan fingerprint density at radius 3 is 2.74 bits per heavy atom. The van der Waals surface area contributed by atoms with E-state index in [1.807, 2.05) is 12.1 Å². The maximum absolute atomic E-state index is 11.4. The zero-order valence-electron chi connectivity index (χ0n) is 12.1. The van der Waals surface area contributed by atoms with E-state index >= 15 is 0 Å². The molecule has 0 aliphatic heterocycles. The van der Waals surface area contributed by atoms with Crippen molar-refractivity contribution in [1.29, 1.82) is 0 Å². The number of ketones is 1. The van der Waals surface area contributed by atoms with Crippen molar-refractivity contribution in [3.8, 4) is 10.4 Å². The third-order valence-corrected chi connectivity index (χ3v) is 4.79. The lowest BCUT2D eigenvalue weighted by atomic mass is 10.1. The minimum Gasteiger partial charge on any atom is -0.465 e. The average molecular weight is 350 g/mol. The molecule has 2 N–H and O–H groups in total. The second-order valence-electron chi connectivity index (χ2n) is 4.97. The molecule has 3 aromatic rings. The van der Waals surface area contributed by atoms with Gasteiger partial charge in [-0.25, -0.2) is 4.79 Å². The number of carboxylic acid groups (broad SMARTS) is 1. The maximum Gasteiger partial charge on any atom is 0.405 e. The number of amides is 1. The van der Waals surface area contributed by atoms with Gasteiger partial charge in [-0.05, 0) is 42.8 Å². The summed E-state index contributed by atoms with van der Waals surface area (Å²) in [7, 11) is 0. The molecule has 1 amide bonds. The van der Waals surface area contributed by atoms with Crippen LogP contribution in [0.5, 0.6) is 0 Å². The molecule has 7 heteroatoms. The molecule has 0 unspecified atom stereocenters. The number of Topliss-reactive ketones (excluding diaryl/α,β-unsaturated/α-hetero) is 1. The first-order chi connectivity index (χ1) is 10.9. The summed E-state index contributed by atoms with van der Waals surface area (Å²) in [6.45, 7) is 1.60. The normalized spacial score (nSPS) is 10.9. The van der Waals surface area contributed by atoms with E-state index in [4.69, 9.17) is 21.1 Å². The van der Waals surface area contributed by atoms with Crippen molar-refractivity contribution in [3.05, 3.63) is 46.0 Å². The van der Waals surface area contributed by atoms with Crippen molar-refractivity contribution in [3.63, 3.8) is 0 Å². The molecule has 3 rings (SSSR count). The Morgan fingerprint density at radius 2 is 2.09 bits per heavy atom. The summed E-state index contributed by atoms with van der Waals surface area (Å²) in [4.78, 5) is 23.6. The Bertz CT molecular complexity index is 912. The summed E-state index contributed by atoms with van der Waals surface area (Å²) < 4.78 is 5.58. The predicted molar refractivity (Wildman–Crippen MR) is 89.4 cm³/mol. The van der Waals surface area contributed by atoms with Gasteiger partial charge in [0.15, 0.2) is 11.4 Å². The number of nitrogens with one attached hydrogen (secondary N) is 1. The first kappa shape index (κ1) is 15.6. The highest BCUT2D eigenvalue weighted by Crippen LogP contribution is 2.35. The van der Waals surface area contributed by atoms with Gasteiger partial charge < -0.3 is 14.8 Å². The molecule has 0 spiro atoms. The van der Waals surface area contributed by atoms with Crippen molar-refractivity contribution in [2.75, 3.05) is 0 Å². The highest BCUT2D eigenvalue weighted by Gasteiger charge is 2.13. The lowest BCUT2D eigenvalue weighted by Gasteiger charge is -2.00. The Kier molecular flexibility index (Phi) is 4.11. The Morgan fingerprint density at radius 1 is 1.30 bits per heavy atom. The van der Waals surface area contributed by atoms with Gasteiger partial charge in [0.2, 0.25) is 0 Å². The summed E-state index contributed by atoms with van der Waals surface area (Å²) in [5.74, 6) is 0.510. The number of carbonyl (C=O) groups excluding carboxylic acids is 1. The van der Waals surface area contributed by atoms with E-state index in [9.17, 15) is 9.59 Å². The molecule has 0 atom stereocenters. The van der Waals surface area contributed by atoms with E-state index in [0.717, 1.165) is 15.8 Å². The number of thiophene rings is 1. The van der Waals surface area contributed by atoms with E-state index in [-0.39, 0.29) is 12.3 Å². The maximum atomic E-state index is 11.4. The van der Waals surface area contributed by atoms with Crippen LogP contribution in [0.15, 0.2) is 34.7 Å². The Labute approximate surface area is 140 Å². The molecular formula is C16H12ClNO4S. The fourth-order valence-corrected chi connectivity index (χ4v) is 3.39. The molecule has 0 bridgehead atoms. The van der Waals surface area contributed by atoms with E-state index in [1.54, 1.807) is 18.2 Å². The second kappa shape index (κ2) is 6.06. The number of hydrogen-bond acceptors (Lipinski definition) is 4. The number of hydrogen-bond donors (Lipinski definition) is 2. The SMILES string of the molecule is CC(=O)c1ccc(-c2cc(Cl)c3oc(CNC(=O)O)cc3c2)s1. The van der Waals surface area contributed by atoms with Gasteiger partial charge in [0.05, 0.1) is 16.4 Å².